The quantitative estimate of drug-likeness (QED) is 0.593. The lowest BCUT2D eigenvalue weighted by molar-refractivity contribution is 0.184. The Bertz CT molecular complexity index is 474. The minimum atomic E-state index is -0.390. The Balaban J connectivity index is 2.42. The molecule has 0 radical (unpaired) electrons. The summed E-state index contributed by atoms with van der Waals surface area (Å²) in [5.41, 5.74) is 1.65. The standard InChI is InChI=1S/C14H17NO3/c1-17-9-11-6-12(8-13(7-11)18-2)14(15-10-16)4-3-5-14/h6-8H,3-5,9H2,1-2H3. The molecule has 0 saturated heterocycles. The van der Waals surface area contributed by atoms with Gasteiger partial charge in [0.1, 0.15) is 5.75 Å². The number of methoxy groups -OCH3 is 2. The molecule has 1 aliphatic rings. The van der Waals surface area contributed by atoms with Gasteiger partial charge in [-0.15, -0.1) is 0 Å². The Morgan fingerprint density at radius 1 is 1.33 bits per heavy atom. The molecule has 0 unspecified atom stereocenters. The molecule has 1 saturated carbocycles. The first-order valence-corrected chi connectivity index (χ1v) is 6.00. The van der Waals surface area contributed by atoms with Crippen LogP contribution in [0.3, 0.4) is 0 Å². The summed E-state index contributed by atoms with van der Waals surface area (Å²) in [5.74, 6) is 0.770. The molecule has 1 aromatic carbocycles. The number of hydrogen-bond acceptors (Lipinski definition) is 4. The zero-order valence-corrected chi connectivity index (χ0v) is 10.7. The third-order valence-electron chi connectivity index (χ3n) is 3.49. The lowest BCUT2D eigenvalue weighted by Gasteiger charge is -2.37. The molecule has 1 aliphatic carbocycles. The summed E-state index contributed by atoms with van der Waals surface area (Å²) in [6, 6.07) is 5.91. The second kappa shape index (κ2) is 5.34. The van der Waals surface area contributed by atoms with Gasteiger partial charge in [0.2, 0.25) is 6.08 Å². The van der Waals surface area contributed by atoms with E-state index in [4.69, 9.17) is 9.47 Å². The van der Waals surface area contributed by atoms with Gasteiger partial charge < -0.3 is 9.47 Å². The van der Waals surface area contributed by atoms with Crippen molar-refractivity contribution in [2.24, 2.45) is 4.99 Å². The van der Waals surface area contributed by atoms with Gasteiger partial charge in [0.25, 0.3) is 0 Å². The van der Waals surface area contributed by atoms with Gasteiger partial charge in [0, 0.05) is 7.11 Å². The molecule has 0 spiro atoms. The van der Waals surface area contributed by atoms with Gasteiger partial charge in [-0.05, 0) is 42.5 Å². The highest BCUT2D eigenvalue weighted by molar-refractivity contribution is 5.43. The first-order valence-electron chi connectivity index (χ1n) is 6.00. The van der Waals surface area contributed by atoms with E-state index < -0.39 is 5.54 Å². The van der Waals surface area contributed by atoms with E-state index in [1.54, 1.807) is 20.3 Å². The Morgan fingerprint density at radius 2 is 2.11 bits per heavy atom. The van der Waals surface area contributed by atoms with Crippen LogP contribution in [0.1, 0.15) is 30.4 Å². The molecule has 4 heteroatoms. The molecule has 0 aliphatic heterocycles. The maximum atomic E-state index is 10.6. The molecular formula is C14H17NO3. The molecule has 0 N–H and O–H groups in total. The molecule has 0 atom stereocenters. The Kier molecular flexibility index (Phi) is 3.80. The van der Waals surface area contributed by atoms with Crippen molar-refractivity contribution in [2.75, 3.05) is 14.2 Å². The Morgan fingerprint density at radius 3 is 2.61 bits per heavy atom. The summed E-state index contributed by atoms with van der Waals surface area (Å²) in [5, 5.41) is 0. The zero-order chi connectivity index (χ0) is 13.0. The monoisotopic (exact) mass is 247 g/mol. The van der Waals surface area contributed by atoms with Crippen LogP contribution in [-0.4, -0.2) is 20.3 Å². The van der Waals surface area contributed by atoms with Crippen LogP contribution < -0.4 is 4.74 Å². The fourth-order valence-corrected chi connectivity index (χ4v) is 2.36. The summed E-state index contributed by atoms with van der Waals surface area (Å²) in [7, 11) is 3.29. The van der Waals surface area contributed by atoms with E-state index in [9.17, 15) is 4.79 Å². The van der Waals surface area contributed by atoms with E-state index in [1.165, 1.54) is 0 Å². The van der Waals surface area contributed by atoms with Gasteiger partial charge >= 0.3 is 0 Å². The minimum Gasteiger partial charge on any atom is -0.497 e. The lowest BCUT2D eigenvalue weighted by Crippen LogP contribution is -2.32. The molecule has 1 fully saturated rings. The van der Waals surface area contributed by atoms with Crippen molar-refractivity contribution < 1.29 is 14.3 Å². The smallest absolute Gasteiger partial charge is 0.235 e. The molecule has 1 aromatic rings. The molecule has 4 nitrogen and oxygen atoms in total. The van der Waals surface area contributed by atoms with Crippen LogP contribution in [-0.2, 0) is 21.7 Å². The summed E-state index contributed by atoms with van der Waals surface area (Å²) in [6.45, 7) is 0.519. The van der Waals surface area contributed by atoms with E-state index in [0.29, 0.717) is 6.61 Å². The number of carbonyl (C=O) groups excluding carboxylic acids is 1. The predicted octanol–water partition coefficient (Wildman–Crippen LogP) is 2.56. The fraction of sp³-hybridized carbons (Fsp3) is 0.500. The van der Waals surface area contributed by atoms with Gasteiger partial charge in [0.15, 0.2) is 0 Å². The van der Waals surface area contributed by atoms with Gasteiger partial charge in [-0.25, -0.2) is 4.79 Å². The van der Waals surface area contributed by atoms with Crippen molar-refractivity contribution in [1.29, 1.82) is 0 Å². The van der Waals surface area contributed by atoms with Crippen LogP contribution in [0, 0.1) is 0 Å². The minimum absolute atomic E-state index is 0.390. The van der Waals surface area contributed by atoms with Gasteiger partial charge in [-0.1, -0.05) is 6.07 Å². The Labute approximate surface area is 107 Å². The molecule has 2 rings (SSSR count). The lowest BCUT2D eigenvalue weighted by atomic mass is 9.72. The van der Waals surface area contributed by atoms with Crippen molar-refractivity contribution in [2.45, 2.75) is 31.4 Å². The highest BCUT2D eigenvalue weighted by Gasteiger charge is 2.39. The van der Waals surface area contributed by atoms with Crippen LogP contribution >= 0.6 is 0 Å². The third-order valence-corrected chi connectivity index (χ3v) is 3.49. The summed E-state index contributed by atoms with van der Waals surface area (Å²) in [4.78, 5) is 14.6. The van der Waals surface area contributed by atoms with Crippen LogP contribution in [0.5, 0.6) is 5.75 Å². The SMILES string of the molecule is COCc1cc(OC)cc(C2(N=C=O)CCC2)c1. The Hall–Kier alpha value is -1.64. The van der Waals surface area contributed by atoms with Crippen LogP contribution in [0.2, 0.25) is 0 Å². The van der Waals surface area contributed by atoms with Gasteiger partial charge in [-0.2, -0.15) is 4.99 Å². The zero-order valence-electron chi connectivity index (χ0n) is 10.7. The summed E-state index contributed by atoms with van der Waals surface area (Å²) >= 11 is 0. The number of isocyanates is 1. The number of hydrogen-bond donors (Lipinski definition) is 0. The largest absolute Gasteiger partial charge is 0.497 e. The number of ether oxygens (including phenoxy) is 2. The first-order chi connectivity index (χ1) is 8.74. The molecule has 96 valence electrons. The first kappa shape index (κ1) is 12.8. The molecule has 18 heavy (non-hydrogen) atoms. The van der Waals surface area contributed by atoms with Gasteiger partial charge in [-0.3, -0.25) is 0 Å². The van der Waals surface area contributed by atoms with E-state index in [2.05, 4.69) is 4.99 Å². The second-order valence-corrected chi connectivity index (χ2v) is 4.59. The summed E-state index contributed by atoms with van der Waals surface area (Å²) in [6.07, 6.45) is 4.57. The normalized spacial score (nSPS) is 16.6. The molecular weight excluding hydrogens is 230 g/mol. The maximum Gasteiger partial charge on any atom is 0.235 e. The average molecular weight is 247 g/mol. The van der Waals surface area contributed by atoms with Crippen LogP contribution in [0.15, 0.2) is 23.2 Å². The van der Waals surface area contributed by atoms with Crippen LogP contribution in [0.4, 0.5) is 0 Å². The van der Waals surface area contributed by atoms with Crippen molar-refractivity contribution in [3.8, 4) is 5.75 Å². The molecule has 0 heterocycles. The fourth-order valence-electron chi connectivity index (χ4n) is 2.36. The van der Waals surface area contributed by atoms with Crippen molar-refractivity contribution in [3.63, 3.8) is 0 Å². The van der Waals surface area contributed by atoms with Gasteiger partial charge in [0.05, 0.1) is 19.3 Å². The topological polar surface area (TPSA) is 47.9 Å². The highest BCUT2D eigenvalue weighted by Crippen LogP contribution is 2.45. The predicted molar refractivity (Wildman–Crippen MR) is 67.4 cm³/mol. The average Bonchev–Trinajstić information content (AvgIpc) is 2.33. The van der Waals surface area contributed by atoms with E-state index >= 15 is 0 Å². The number of benzene rings is 1. The van der Waals surface area contributed by atoms with Crippen LogP contribution in [0.25, 0.3) is 0 Å². The van der Waals surface area contributed by atoms with E-state index in [1.807, 2.05) is 18.2 Å². The summed E-state index contributed by atoms with van der Waals surface area (Å²) < 4.78 is 10.4. The molecule has 0 amide bonds. The molecule has 0 aromatic heterocycles. The number of nitrogens with zero attached hydrogens (tertiary/aromatic N) is 1. The third kappa shape index (κ3) is 2.30. The van der Waals surface area contributed by atoms with Crippen molar-refractivity contribution in [1.82, 2.24) is 0 Å². The highest BCUT2D eigenvalue weighted by atomic mass is 16.5. The number of rotatable bonds is 5. The van der Waals surface area contributed by atoms with Crippen molar-refractivity contribution >= 4 is 6.08 Å². The van der Waals surface area contributed by atoms with E-state index in [-0.39, 0.29) is 0 Å². The van der Waals surface area contributed by atoms with Crippen molar-refractivity contribution in [3.05, 3.63) is 29.3 Å². The van der Waals surface area contributed by atoms with E-state index in [0.717, 1.165) is 36.1 Å². The maximum absolute atomic E-state index is 10.6. The number of aliphatic imine (C=N–C) groups is 1. The second-order valence-electron chi connectivity index (χ2n) is 4.59. The molecule has 0 bridgehead atoms.